The molecule has 4 aromatic carbocycles. The van der Waals surface area contributed by atoms with Crippen LogP contribution in [0.25, 0.3) is 0 Å². The van der Waals surface area contributed by atoms with Crippen LogP contribution in [0.3, 0.4) is 0 Å². The molecule has 0 radical (unpaired) electrons. The minimum absolute atomic E-state index is 0.00888. The van der Waals surface area contributed by atoms with E-state index in [1.165, 1.54) is 30.5 Å². The van der Waals surface area contributed by atoms with Crippen LogP contribution in [0.4, 0.5) is 11.4 Å². The Hall–Kier alpha value is -4.74. The number of benzene rings is 4. The van der Waals surface area contributed by atoms with Crippen LogP contribution in [0, 0.1) is 17.0 Å². The Morgan fingerprint density at radius 3 is 2.34 bits per heavy atom. The van der Waals surface area contributed by atoms with Gasteiger partial charge in [-0.05, 0) is 84.3 Å². The molecule has 0 spiro atoms. The predicted molar refractivity (Wildman–Crippen MR) is 157 cm³/mol. The van der Waals surface area contributed by atoms with Crippen LogP contribution in [0.2, 0.25) is 5.02 Å². The average molecular weight is 593 g/mol. The minimum atomic E-state index is -4.08. The lowest BCUT2D eigenvalue weighted by Gasteiger charge is -2.25. The van der Waals surface area contributed by atoms with Gasteiger partial charge in [0.15, 0.2) is 0 Å². The zero-order valence-corrected chi connectivity index (χ0v) is 23.4. The highest BCUT2D eigenvalue weighted by atomic mass is 35.5. The molecule has 1 N–H and O–H groups in total. The molecule has 0 heterocycles. The molecule has 0 atom stereocenters. The van der Waals surface area contributed by atoms with E-state index in [-0.39, 0.29) is 22.9 Å². The van der Waals surface area contributed by atoms with Crippen molar-refractivity contribution in [1.29, 1.82) is 0 Å². The number of carbonyl (C=O) groups excluding carboxylic acids is 1. The zero-order valence-electron chi connectivity index (χ0n) is 21.8. The third kappa shape index (κ3) is 7.47. The summed E-state index contributed by atoms with van der Waals surface area (Å²) in [6, 6.07) is 25.6. The monoisotopic (exact) mass is 592 g/mol. The van der Waals surface area contributed by atoms with Crippen LogP contribution >= 0.6 is 11.6 Å². The summed E-state index contributed by atoms with van der Waals surface area (Å²) >= 11 is 6.24. The van der Waals surface area contributed by atoms with Gasteiger partial charge in [0, 0.05) is 17.2 Å². The van der Waals surface area contributed by atoms with Gasteiger partial charge in [-0.2, -0.15) is 5.10 Å². The molecule has 4 rings (SSSR count). The van der Waals surface area contributed by atoms with Gasteiger partial charge in [0.05, 0.1) is 21.7 Å². The maximum absolute atomic E-state index is 13.5. The highest BCUT2D eigenvalue weighted by Gasteiger charge is 2.28. The van der Waals surface area contributed by atoms with Gasteiger partial charge >= 0.3 is 0 Å². The van der Waals surface area contributed by atoms with Gasteiger partial charge in [-0.15, -0.1) is 0 Å². The number of nitro groups is 1. The van der Waals surface area contributed by atoms with E-state index in [9.17, 15) is 23.3 Å². The molecule has 10 nitrogen and oxygen atoms in total. The number of hydrazone groups is 1. The molecule has 41 heavy (non-hydrogen) atoms. The molecule has 0 fully saturated rings. The normalized spacial score (nSPS) is 11.3. The fraction of sp³-hybridized carbons (Fsp3) is 0.103. The van der Waals surface area contributed by atoms with E-state index in [2.05, 4.69) is 10.5 Å². The Kier molecular flexibility index (Phi) is 9.33. The summed E-state index contributed by atoms with van der Waals surface area (Å²) in [7, 11) is -4.08. The number of amides is 1. The summed E-state index contributed by atoms with van der Waals surface area (Å²) in [4.78, 5) is 23.1. The second-order valence-electron chi connectivity index (χ2n) is 8.78. The third-order valence-electron chi connectivity index (χ3n) is 5.96. The Morgan fingerprint density at radius 2 is 1.68 bits per heavy atom. The SMILES string of the molecule is Cc1c(Cl)cccc1N(CC(=O)N/N=C\c1ccc(OCc2ccc([N+](=O)[O-])cc2)cc1)S(=O)(=O)c1ccccc1. The van der Waals surface area contributed by atoms with Gasteiger partial charge in [0.25, 0.3) is 21.6 Å². The summed E-state index contributed by atoms with van der Waals surface area (Å²) < 4.78 is 33.7. The molecule has 0 aromatic heterocycles. The van der Waals surface area contributed by atoms with E-state index in [1.807, 2.05) is 0 Å². The molecular weight excluding hydrogens is 568 g/mol. The molecule has 0 saturated heterocycles. The number of nitro benzene ring substituents is 1. The van der Waals surface area contributed by atoms with E-state index >= 15 is 0 Å². The van der Waals surface area contributed by atoms with Crippen LogP contribution in [-0.4, -0.2) is 32.0 Å². The summed E-state index contributed by atoms with van der Waals surface area (Å²) in [6.45, 7) is 1.39. The van der Waals surface area contributed by atoms with Crippen LogP contribution < -0.4 is 14.5 Å². The van der Waals surface area contributed by atoms with Crippen LogP contribution in [0.1, 0.15) is 16.7 Å². The smallest absolute Gasteiger partial charge is 0.269 e. The predicted octanol–water partition coefficient (Wildman–Crippen LogP) is 5.48. The number of carbonyl (C=O) groups is 1. The first-order chi connectivity index (χ1) is 19.6. The lowest BCUT2D eigenvalue weighted by atomic mass is 10.2. The molecular formula is C29H25ClN4O6S. The minimum Gasteiger partial charge on any atom is -0.489 e. The molecule has 0 aliphatic carbocycles. The van der Waals surface area contributed by atoms with Gasteiger partial charge in [0.2, 0.25) is 0 Å². The Balaban J connectivity index is 1.39. The highest BCUT2D eigenvalue weighted by Crippen LogP contribution is 2.30. The molecule has 0 aliphatic heterocycles. The van der Waals surface area contributed by atoms with Gasteiger partial charge in [-0.3, -0.25) is 19.2 Å². The van der Waals surface area contributed by atoms with E-state index in [1.54, 1.807) is 79.7 Å². The van der Waals surface area contributed by atoms with Crippen molar-refractivity contribution in [3.8, 4) is 5.75 Å². The summed E-state index contributed by atoms with van der Waals surface area (Å²) in [5.74, 6) is -0.0774. The van der Waals surface area contributed by atoms with Crippen molar-refractivity contribution >= 4 is 45.1 Å². The number of nitrogens with zero attached hydrogens (tertiary/aromatic N) is 3. The van der Waals surface area contributed by atoms with Gasteiger partial charge < -0.3 is 4.74 Å². The molecule has 12 heteroatoms. The summed E-state index contributed by atoms with van der Waals surface area (Å²) in [5.41, 5.74) is 4.62. The van der Waals surface area contributed by atoms with Crippen molar-refractivity contribution in [2.24, 2.45) is 5.10 Å². The van der Waals surface area contributed by atoms with Gasteiger partial charge in [-0.1, -0.05) is 35.9 Å². The lowest BCUT2D eigenvalue weighted by Crippen LogP contribution is -2.40. The largest absolute Gasteiger partial charge is 0.489 e. The lowest BCUT2D eigenvalue weighted by molar-refractivity contribution is -0.384. The molecule has 0 unspecified atom stereocenters. The van der Waals surface area contributed by atoms with Crippen molar-refractivity contribution in [3.05, 3.63) is 129 Å². The van der Waals surface area contributed by atoms with E-state index in [4.69, 9.17) is 16.3 Å². The number of hydrogen-bond donors (Lipinski definition) is 1. The Morgan fingerprint density at radius 1 is 1.00 bits per heavy atom. The number of hydrogen-bond acceptors (Lipinski definition) is 7. The Bertz CT molecular complexity index is 1660. The zero-order chi connectivity index (χ0) is 29.4. The maximum Gasteiger partial charge on any atom is 0.269 e. The van der Waals surface area contributed by atoms with Crippen LogP contribution in [0.15, 0.2) is 107 Å². The fourth-order valence-corrected chi connectivity index (χ4v) is 5.43. The number of sulfonamides is 1. The third-order valence-corrected chi connectivity index (χ3v) is 8.15. The van der Waals surface area contributed by atoms with Crippen molar-refractivity contribution in [1.82, 2.24) is 5.43 Å². The average Bonchev–Trinajstić information content (AvgIpc) is 2.98. The van der Waals surface area contributed by atoms with Gasteiger partial charge in [0.1, 0.15) is 18.9 Å². The number of ether oxygens (including phenoxy) is 1. The number of anilines is 1. The van der Waals surface area contributed by atoms with Crippen LogP contribution in [0.5, 0.6) is 5.75 Å². The second-order valence-corrected chi connectivity index (χ2v) is 11.1. The number of non-ortho nitro benzene ring substituents is 1. The first-order valence-electron chi connectivity index (χ1n) is 12.3. The molecule has 0 aliphatic rings. The van der Waals surface area contributed by atoms with Crippen molar-refractivity contribution in [3.63, 3.8) is 0 Å². The van der Waals surface area contributed by atoms with E-state index < -0.39 is 27.4 Å². The van der Waals surface area contributed by atoms with Crippen molar-refractivity contribution in [2.75, 3.05) is 10.8 Å². The number of halogens is 1. The molecule has 0 bridgehead atoms. The Labute approximate surface area is 242 Å². The highest BCUT2D eigenvalue weighted by molar-refractivity contribution is 7.92. The maximum atomic E-state index is 13.5. The summed E-state index contributed by atoms with van der Waals surface area (Å²) in [5, 5.41) is 15.1. The second kappa shape index (κ2) is 13.1. The number of rotatable bonds is 11. The summed E-state index contributed by atoms with van der Waals surface area (Å²) in [6.07, 6.45) is 1.42. The van der Waals surface area contributed by atoms with E-state index in [0.717, 1.165) is 9.87 Å². The first kappa shape index (κ1) is 29.2. The van der Waals surface area contributed by atoms with Gasteiger partial charge in [-0.25, -0.2) is 13.8 Å². The fourth-order valence-electron chi connectivity index (χ4n) is 3.76. The van der Waals surface area contributed by atoms with Crippen molar-refractivity contribution < 1.29 is 22.9 Å². The van der Waals surface area contributed by atoms with Crippen LogP contribution in [-0.2, 0) is 21.4 Å². The number of nitrogens with one attached hydrogen (secondary N) is 1. The molecule has 0 saturated carbocycles. The first-order valence-corrected chi connectivity index (χ1v) is 14.1. The van der Waals surface area contributed by atoms with Crippen molar-refractivity contribution in [2.45, 2.75) is 18.4 Å². The topological polar surface area (TPSA) is 131 Å². The quantitative estimate of drug-likeness (QED) is 0.139. The molecule has 4 aromatic rings. The standard InChI is InChI=1S/C29H25ClN4O6S/c1-21-27(30)8-5-9-28(21)33(41(38,39)26-6-3-2-4-7-26)19-29(35)32-31-18-22-12-16-25(17-13-22)40-20-23-10-14-24(15-11-23)34(36)37/h2-18H,19-20H2,1H3,(H,32,35)/b31-18-. The van der Waals surface area contributed by atoms with E-state index in [0.29, 0.717) is 21.9 Å². The molecule has 210 valence electrons. The molecule has 1 amide bonds.